The summed E-state index contributed by atoms with van der Waals surface area (Å²) in [5.74, 6) is 0.317. The molecule has 1 heterocycles. The molecule has 0 N–H and O–H groups in total. The van der Waals surface area contributed by atoms with Crippen molar-refractivity contribution in [3.05, 3.63) is 56.9 Å². The predicted octanol–water partition coefficient (Wildman–Crippen LogP) is 3.03. The highest BCUT2D eigenvalue weighted by Gasteiger charge is 2.15. The first kappa shape index (κ1) is 16.7. The molecule has 2 aromatic rings. The van der Waals surface area contributed by atoms with Crippen LogP contribution >= 0.6 is 0 Å². The van der Waals surface area contributed by atoms with Gasteiger partial charge in [0.2, 0.25) is 5.88 Å². The first-order valence-electron chi connectivity index (χ1n) is 7.26. The Balaban J connectivity index is 2.33. The Labute approximate surface area is 134 Å². The number of hydrogen-bond donors (Lipinski definition) is 0. The van der Waals surface area contributed by atoms with Gasteiger partial charge in [0.1, 0.15) is 18.2 Å². The molecule has 6 heteroatoms. The van der Waals surface area contributed by atoms with E-state index in [1.807, 2.05) is 19.9 Å². The number of benzene rings is 1. The third kappa shape index (κ3) is 3.39. The molecule has 0 saturated heterocycles. The van der Waals surface area contributed by atoms with Crippen LogP contribution in [0.2, 0.25) is 0 Å². The molecule has 1 aromatic carbocycles. The van der Waals surface area contributed by atoms with E-state index in [1.54, 1.807) is 18.4 Å². The van der Waals surface area contributed by atoms with Crippen LogP contribution in [0.1, 0.15) is 42.4 Å². The Morgan fingerprint density at radius 3 is 2.70 bits per heavy atom. The molecule has 0 unspecified atom stereocenters. The lowest BCUT2D eigenvalue weighted by molar-refractivity contribution is 0.286. The number of aryl methyl sites for hydroxylation is 1. The van der Waals surface area contributed by atoms with E-state index in [1.165, 1.54) is 12.1 Å². The summed E-state index contributed by atoms with van der Waals surface area (Å²) in [5.41, 5.74) is 1.00. The van der Waals surface area contributed by atoms with E-state index in [9.17, 15) is 9.18 Å². The second-order valence-corrected chi connectivity index (χ2v) is 5.56. The van der Waals surface area contributed by atoms with Crippen LogP contribution in [0.3, 0.4) is 0 Å². The van der Waals surface area contributed by atoms with Gasteiger partial charge in [-0.2, -0.15) is 10.2 Å². The smallest absolute Gasteiger partial charge is 0.260 e. The lowest BCUT2D eigenvalue weighted by atomic mass is 10.1. The molecule has 0 fully saturated rings. The minimum atomic E-state index is -0.477. The normalized spacial score (nSPS) is 10.7. The fourth-order valence-corrected chi connectivity index (χ4v) is 2.38. The first-order valence-corrected chi connectivity index (χ1v) is 7.26. The van der Waals surface area contributed by atoms with Crippen molar-refractivity contribution in [2.24, 2.45) is 0 Å². The topological polar surface area (TPSA) is 67.9 Å². The van der Waals surface area contributed by atoms with Crippen molar-refractivity contribution in [3.8, 4) is 11.9 Å². The molecule has 0 radical (unpaired) electrons. The van der Waals surface area contributed by atoms with E-state index < -0.39 is 5.82 Å². The van der Waals surface area contributed by atoms with Crippen molar-refractivity contribution >= 4 is 0 Å². The number of hydrogen-bond acceptors (Lipinski definition) is 4. The van der Waals surface area contributed by atoms with Crippen molar-refractivity contribution in [2.45, 2.75) is 40.3 Å². The van der Waals surface area contributed by atoms with Crippen molar-refractivity contribution in [3.63, 3.8) is 0 Å². The predicted molar refractivity (Wildman–Crippen MR) is 83.8 cm³/mol. The quantitative estimate of drug-likeness (QED) is 0.869. The second kappa shape index (κ2) is 6.61. The summed E-state index contributed by atoms with van der Waals surface area (Å²) in [6.07, 6.45) is 0. The van der Waals surface area contributed by atoms with Gasteiger partial charge in [0.15, 0.2) is 0 Å². The first-order chi connectivity index (χ1) is 10.8. The number of halogens is 1. The van der Waals surface area contributed by atoms with Gasteiger partial charge in [-0.1, -0.05) is 6.07 Å². The van der Waals surface area contributed by atoms with Crippen molar-refractivity contribution in [1.29, 1.82) is 5.26 Å². The Morgan fingerprint density at radius 1 is 1.39 bits per heavy atom. The molecular formula is C17H18FN3O2. The van der Waals surface area contributed by atoms with E-state index in [-0.39, 0.29) is 29.7 Å². The van der Waals surface area contributed by atoms with Crippen molar-refractivity contribution in [1.82, 2.24) is 9.55 Å². The maximum atomic E-state index is 13.1. The van der Waals surface area contributed by atoms with Crippen LogP contribution in [0.5, 0.6) is 5.88 Å². The van der Waals surface area contributed by atoms with Gasteiger partial charge in [-0.15, -0.1) is 0 Å². The molecule has 0 saturated carbocycles. The number of aromatic nitrogens is 2. The van der Waals surface area contributed by atoms with Crippen LogP contribution in [0.15, 0.2) is 23.0 Å². The summed E-state index contributed by atoms with van der Waals surface area (Å²) in [6, 6.07) is 5.84. The second-order valence-electron chi connectivity index (χ2n) is 5.56. The van der Waals surface area contributed by atoms with Gasteiger partial charge in [0.05, 0.1) is 17.2 Å². The fraction of sp³-hybridized carbons (Fsp3) is 0.353. The third-order valence-corrected chi connectivity index (χ3v) is 3.55. The highest BCUT2D eigenvalue weighted by atomic mass is 19.1. The zero-order valence-electron chi connectivity index (χ0n) is 13.6. The summed E-state index contributed by atoms with van der Waals surface area (Å²) in [7, 11) is 0. The van der Waals surface area contributed by atoms with Crippen LogP contribution in [0.4, 0.5) is 4.39 Å². The molecule has 0 aliphatic heterocycles. The fourth-order valence-electron chi connectivity index (χ4n) is 2.38. The van der Waals surface area contributed by atoms with E-state index in [0.29, 0.717) is 17.0 Å². The monoisotopic (exact) mass is 315 g/mol. The summed E-state index contributed by atoms with van der Waals surface area (Å²) >= 11 is 0. The molecule has 0 spiro atoms. The Morgan fingerprint density at radius 2 is 2.09 bits per heavy atom. The number of ether oxygens (including phenoxy) is 1. The minimum Gasteiger partial charge on any atom is -0.472 e. The van der Waals surface area contributed by atoms with Crippen LogP contribution in [0, 0.1) is 31.0 Å². The van der Waals surface area contributed by atoms with E-state index in [4.69, 9.17) is 10.00 Å². The van der Waals surface area contributed by atoms with Gasteiger partial charge in [-0.05, 0) is 39.8 Å². The van der Waals surface area contributed by atoms with Gasteiger partial charge in [0, 0.05) is 11.6 Å². The molecule has 1 aromatic heterocycles. The maximum absolute atomic E-state index is 13.1. The third-order valence-electron chi connectivity index (χ3n) is 3.55. The van der Waals surface area contributed by atoms with Crippen molar-refractivity contribution < 1.29 is 9.13 Å². The lowest BCUT2D eigenvalue weighted by Crippen LogP contribution is -2.28. The number of rotatable bonds is 4. The van der Waals surface area contributed by atoms with Crippen molar-refractivity contribution in [2.75, 3.05) is 0 Å². The minimum absolute atomic E-state index is 0.00467. The molecule has 0 atom stereocenters. The Kier molecular flexibility index (Phi) is 4.80. The largest absolute Gasteiger partial charge is 0.472 e. The highest BCUT2D eigenvalue weighted by molar-refractivity contribution is 5.38. The molecule has 120 valence electrons. The average Bonchev–Trinajstić information content (AvgIpc) is 2.50. The van der Waals surface area contributed by atoms with Crippen LogP contribution in [-0.4, -0.2) is 9.55 Å². The molecule has 0 aliphatic rings. The SMILES string of the molecule is Cc1c(OCc2ccc(F)cc2C#N)nc(C)n(C(C)C)c1=O. The van der Waals surface area contributed by atoms with E-state index in [2.05, 4.69) is 4.98 Å². The summed E-state index contributed by atoms with van der Waals surface area (Å²) in [6.45, 7) is 7.26. The van der Waals surface area contributed by atoms with E-state index in [0.717, 1.165) is 6.07 Å². The zero-order chi connectivity index (χ0) is 17.1. The van der Waals surface area contributed by atoms with Crippen LogP contribution in [0.25, 0.3) is 0 Å². The lowest BCUT2D eigenvalue weighted by Gasteiger charge is -2.16. The molecule has 0 amide bonds. The average molecular weight is 315 g/mol. The standard InChI is InChI=1S/C17H18FN3O2/c1-10(2)21-12(4)20-16(11(3)17(21)22)23-9-13-5-6-15(18)7-14(13)8-19/h5-7,10H,9H2,1-4H3. The summed E-state index contributed by atoms with van der Waals surface area (Å²) in [5, 5.41) is 9.04. The summed E-state index contributed by atoms with van der Waals surface area (Å²) in [4.78, 5) is 16.7. The molecule has 2 rings (SSSR count). The molecule has 23 heavy (non-hydrogen) atoms. The maximum Gasteiger partial charge on any atom is 0.260 e. The number of nitriles is 1. The van der Waals surface area contributed by atoms with Gasteiger partial charge >= 0.3 is 0 Å². The van der Waals surface area contributed by atoms with E-state index >= 15 is 0 Å². The van der Waals surface area contributed by atoms with Gasteiger partial charge in [-0.3, -0.25) is 9.36 Å². The highest BCUT2D eigenvalue weighted by Crippen LogP contribution is 2.17. The number of nitrogens with zero attached hydrogens (tertiary/aromatic N) is 3. The van der Waals surface area contributed by atoms with Gasteiger partial charge in [0.25, 0.3) is 5.56 Å². The summed E-state index contributed by atoms with van der Waals surface area (Å²) < 4.78 is 20.3. The Bertz CT molecular complexity index is 835. The van der Waals surface area contributed by atoms with Crippen LogP contribution in [-0.2, 0) is 6.61 Å². The van der Waals surface area contributed by atoms with Gasteiger partial charge < -0.3 is 4.74 Å². The molecule has 0 aliphatic carbocycles. The molecule has 5 nitrogen and oxygen atoms in total. The van der Waals surface area contributed by atoms with Gasteiger partial charge in [-0.25, -0.2) is 4.39 Å². The Hall–Kier alpha value is -2.68. The zero-order valence-corrected chi connectivity index (χ0v) is 13.6. The molecule has 0 bridgehead atoms. The molecular weight excluding hydrogens is 297 g/mol. The van der Waals surface area contributed by atoms with Crippen LogP contribution < -0.4 is 10.3 Å².